The van der Waals surface area contributed by atoms with Crippen LogP contribution in [0.1, 0.15) is 111 Å². The first-order chi connectivity index (χ1) is 18.0. The van der Waals surface area contributed by atoms with Crippen molar-refractivity contribution in [2.24, 2.45) is 46.3 Å². The standard InChI is InChI=1S/C33H54N2O3/c1-21(6-15-30(37)34-24-10-7-22(8-11-24)31(38)35(4)5)27-13-14-28-26-12-9-23-20-25(36)16-18-32(23,2)29(26)17-19-33(27,28)3/h9,21-22,24-29,36H,6-8,10-20H2,1-5H3,(H,34,37)/t21-,22?,24?,25+,26+,27-,28+,29+,32+,33-/m1/s1. The van der Waals surface area contributed by atoms with Crippen molar-refractivity contribution < 1.29 is 14.7 Å². The molecule has 0 radical (unpaired) electrons. The Morgan fingerprint density at radius 2 is 1.76 bits per heavy atom. The van der Waals surface area contributed by atoms with E-state index in [1.807, 2.05) is 14.1 Å². The maximum atomic E-state index is 12.9. The predicted molar refractivity (Wildman–Crippen MR) is 152 cm³/mol. The van der Waals surface area contributed by atoms with Crippen LogP contribution in [0.15, 0.2) is 11.6 Å². The van der Waals surface area contributed by atoms with Gasteiger partial charge in [-0.2, -0.15) is 0 Å². The van der Waals surface area contributed by atoms with Gasteiger partial charge in [0.15, 0.2) is 0 Å². The zero-order chi connectivity index (χ0) is 27.2. The average molecular weight is 527 g/mol. The van der Waals surface area contributed by atoms with Crippen LogP contribution in [0.5, 0.6) is 0 Å². The summed E-state index contributed by atoms with van der Waals surface area (Å²) in [5.74, 6) is 4.27. The number of amides is 2. The van der Waals surface area contributed by atoms with Crippen molar-refractivity contribution in [1.82, 2.24) is 10.2 Å². The van der Waals surface area contributed by atoms with E-state index in [0.717, 1.165) is 75.0 Å². The SMILES string of the molecule is C[C@H](CCC(=O)NC1CCC(C(=O)N(C)C)CC1)[C@H]1CC[C@H]2[C@@H]3CC=C4C[C@@H](O)CC[C@]4(C)[C@H]3CC[C@]12C. The lowest BCUT2D eigenvalue weighted by atomic mass is 9.47. The minimum atomic E-state index is -0.129. The number of nitrogens with zero attached hydrogens (tertiary/aromatic N) is 1. The largest absolute Gasteiger partial charge is 0.393 e. The smallest absolute Gasteiger partial charge is 0.225 e. The molecule has 2 N–H and O–H groups in total. The van der Waals surface area contributed by atoms with Gasteiger partial charge in [-0.05, 0) is 124 Å². The van der Waals surface area contributed by atoms with Crippen LogP contribution in [0.25, 0.3) is 0 Å². The van der Waals surface area contributed by atoms with Gasteiger partial charge in [0.25, 0.3) is 0 Å². The molecule has 0 saturated heterocycles. The van der Waals surface area contributed by atoms with Crippen molar-refractivity contribution in [3.05, 3.63) is 11.6 Å². The number of nitrogens with one attached hydrogen (secondary N) is 1. The number of carbonyl (C=O) groups is 2. The second-order valence-electron chi connectivity index (χ2n) is 14.7. The van der Waals surface area contributed by atoms with E-state index in [1.54, 1.807) is 10.5 Å². The molecule has 5 aliphatic rings. The summed E-state index contributed by atoms with van der Waals surface area (Å²) >= 11 is 0. The third-order valence-corrected chi connectivity index (χ3v) is 12.5. The Morgan fingerprint density at radius 3 is 2.47 bits per heavy atom. The molecule has 38 heavy (non-hydrogen) atoms. The highest BCUT2D eigenvalue weighted by Crippen LogP contribution is 2.67. The molecule has 214 valence electrons. The number of aliphatic hydroxyl groups excluding tert-OH is 1. The highest BCUT2D eigenvalue weighted by molar-refractivity contribution is 5.78. The van der Waals surface area contributed by atoms with Gasteiger partial charge in [-0.3, -0.25) is 9.59 Å². The Hall–Kier alpha value is -1.36. The van der Waals surface area contributed by atoms with Gasteiger partial charge in [-0.1, -0.05) is 32.4 Å². The third-order valence-electron chi connectivity index (χ3n) is 12.5. The molecule has 0 unspecified atom stereocenters. The molecule has 4 fully saturated rings. The van der Waals surface area contributed by atoms with Crippen molar-refractivity contribution in [3.8, 4) is 0 Å². The monoisotopic (exact) mass is 526 g/mol. The molecule has 0 bridgehead atoms. The summed E-state index contributed by atoms with van der Waals surface area (Å²) in [5.41, 5.74) is 2.28. The Morgan fingerprint density at radius 1 is 1.03 bits per heavy atom. The van der Waals surface area contributed by atoms with E-state index in [2.05, 4.69) is 32.2 Å². The Bertz CT molecular complexity index is 921. The number of carbonyl (C=O) groups excluding carboxylic acids is 2. The van der Waals surface area contributed by atoms with Crippen LogP contribution in [0.4, 0.5) is 0 Å². The van der Waals surface area contributed by atoms with E-state index in [9.17, 15) is 14.7 Å². The Balaban J connectivity index is 1.13. The lowest BCUT2D eigenvalue weighted by molar-refractivity contribution is -0.134. The van der Waals surface area contributed by atoms with Crippen LogP contribution < -0.4 is 5.32 Å². The van der Waals surface area contributed by atoms with Crippen LogP contribution >= 0.6 is 0 Å². The van der Waals surface area contributed by atoms with Crippen molar-refractivity contribution in [2.75, 3.05) is 14.1 Å². The zero-order valence-electron chi connectivity index (χ0n) is 24.8. The fourth-order valence-electron chi connectivity index (χ4n) is 10.3. The summed E-state index contributed by atoms with van der Waals surface area (Å²) in [6, 6.07) is 0.235. The predicted octanol–water partition coefficient (Wildman–Crippen LogP) is 6.11. The summed E-state index contributed by atoms with van der Waals surface area (Å²) in [6.45, 7) is 7.53. The van der Waals surface area contributed by atoms with Crippen LogP contribution in [-0.4, -0.2) is 48.1 Å². The number of fused-ring (bicyclic) bond motifs is 5. The van der Waals surface area contributed by atoms with Crippen molar-refractivity contribution in [2.45, 2.75) is 123 Å². The van der Waals surface area contributed by atoms with Gasteiger partial charge in [0.05, 0.1) is 6.10 Å². The minimum absolute atomic E-state index is 0.128. The molecule has 0 aromatic carbocycles. The fourth-order valence-corrected chi connectivity index (χ4v) is 10.3. The first-order valence-electron chi connectivity index (χ1n) is 15.9. The molecule has 4 saturated carbocycles. The van der Waals surface area contributed by atoms with Crippen LogP contribution in [-0.2, 0) is 9.59 Å². The molecular weight excluding hydrogens is 472 g/mol. The fraction of sp³-hybridized carbons (Fsp3) is 0.879. The van der Waals surface area contributed by atoms with E-state index >= 15 is 0 Å². The molecule has 0 spiro atoms. The van der Waals surface area contributed by atoms with Gasteiger partial charge in [0.2, 0.25) is 11.8 Å². The maximum absolute atomic E-state index is 12.9. The van der Waals surface area contributed by atoms with E-state index in [0.29, 0.717) is 23.2 Å². The van der Waals surface area contributed by atoms with E-state index in [1.165, 1.54) is 32.1 Å². The molecule has 2 amide bonds. The first-order valence-corrected chi connectivity index (χ1v) is 15.9. The van der Waals surface area contributed by atoms with Gasteiger partial charge in [-0.15, -0.1) is 0 Å². The Labute approximate surface area is 231 Å². The second-order valence-corrected chi connectivity index (χ2v) is 14.7. The summed E-state index contributed by atoms with van der Waals surface area (Å²) in [5, 5.41) is 13.6. The number of rotatable bonds is 6. The number of hydrogen-bond acceptors (Lipinski definition) is 3. The lowest BCUT2D eigenvalue weighted by Gasteiger charge is -2.58. The van der Waals surface area contributed by atoms with Crippen LogP contribution in [0.2, 0.25) is 0 Å². The van der Waals surface area contributed by atoms with Crippen LogP contribution in [0, 0.1) is 46.3 Å². The normalized spacial score (nSPS) is 43.2. The number of allylic oxidation sites excluding steroid dienone is 1. The second kappa shape index (κ2) is 10.9. The summed E-state index contributed by atoms with van der Waals surface area (Å²) in [7, 11) is 3.67. The lowest BCUT2D eigenvalue weighted by Crippen LogP contribution is -2.50. The third kappa shape index (κ3) is 5.10. The van der Waals surface area contributed by atoms with Crippen LogP contribution in [0.3, 0.4) is 0 Å². The Kier molecular flexibility index (Phi) is 8.08. The highest BCUT2D eigenvalue weighted by atomic mass is 16.3. The number of hydrogen-bond donors (Lipinski definition) is 2. The molecule has 5 aliphatic carbocycles. The van der Waals surface area contributed by atoms with Gasteiger partial charge in [-0.25, -0.2) is 0 Å². The van der Waals surface area contributed by atoms with Gasteiger partial charge in [0, 0.05) is 32.5 Å². The minimum Gasteiger partial charge on any atom is -0.393 e. The molecule has 5 nitrogen and oxygen atoms in total. The summed E-state index contributed by atoms with van der Waals surface area (Å²) < 4.78 is 0. The molecule has 0 aliphatic heterocycles. The molecule has 5 rings (SSSR count). The topological polar surface area (TPSA) is 69.6 Å². The molecule has 0 heterocycles. The molecule has 5 heteroatoms. The molecule has 0 aromatic rings. The summed E-state index contributed by atoms with van der Waals surface area (Å²) in [4.78, 5) is 26.8. The molecule has 8 atom stereocenters. The van der Waals surface area contributed by atoms with Crippen molar-refractivity contribution in [3.63, 3.8) is 0 Å². The van der Waals surface area contributed by atoms with Gasteiger partial charge in [0.1, 0.15) is 0 Å². The average Bonchev–Trinajstić information content (AvgIpc) is 3.25. The zero-order valence-corrected chi connectivity index (χ0v) is 24.8. The summed E-state index contributed by atoms with van der Waals surface area (Å²) in [6.07, 6.45) is 17.2. The van der Waals surface area contributed by atoms with Gasteiger partial charge < -0.3 is 15.3 Å². The quantitative estimate of drug-likeness (QED) is 0.411. The van der Waals surface area contributed by atoms with E-state index in [-0.39, 0.29) is 29.9 Å². The van der Waals surface area contributed by atoms with E-state index in [4.69, 9.17) is 0 Å². The van der Waals surface area contributed by atoms with Crippen molar-refractivity contribution >= 4 is 11.8 Å². The van der Waals surface area contributed by atoms with Crippen molar-refractivity contribution in [1.29, 1.82) is 0 Å². The van der Waals surface area contributed by atoms with Gasteiger partial charge >= 0.3 is 0 Å². The maximum Gasteiger partial charge on any atom is 0.225 e. The number of aliphatic hydroxyl groups is 1. The van der Waals surface area contributed by atoms with E-state index < -0.39 is 0 Å². The first kappa shape index (κ1) is 28.2. The molecule has 0 aromatic heterocycles. The molecular formula is C33H54N2O3. The highest BCUT2D eigenvalue weighted by Gasteiger charge is 2.59.